The van der Waals surface area contributed by atoms with Crippen LogP contribution in [-0.4, -0.2) is 0 Å². The molecule has 1 aromatic rings. The van der Waals surface area contributed by atoms with Crippen molar-refractivity contribution >= 4 is 0 Å². The Morgan fingerprint density at radius 2 is 2.20 bits per heavy atom. The summed E-state index contributed by atoms with van der Waals surface area (Å²) in [6.45, 7) is 4.37. The predicted octanol–water partition coefficient (Wildman–Crippen LogP) is 3.64. The summed E-state index contributed by atoms with van der Waals surface area (Å²) in [7, 11) is 0. The standard InChI is InChI=1S/C14H17N/c1-10-8-11(2)13-6-5-12(4-3-7-15)14(13)9-10/h8-9,12H,3-6H2,1-2H3. The van der Waals surface area contributed by atoms with E-state index in [4.69, 9.17) is 5.26 Å². The normalized spacial score (nSPS) is 18.6. The van der Waals surface area contributed by atoms with Crippen molar-refractivity contribution in [3.63, 3.8) is 0 Å². The topological polar surface area (TPSA) is 23.8 Å². The molecule has 0 amide bonds. The minimum Gasteiger partial charge on any atom is -0.198 e. The molecule has 0 N–H and O–H groups in total. The summed E-state index contributed by atoms with van der Waals surface area (Å²) in [6.07, 6.45) is 4.17. The maximum Gasteiger partial charge on any atom is 0.0621 e. The molecule has 0 saturated carbocycles. The third-order valence-electron chi connectivity index (χ3n) is 3.44. The molecule has 1 nitrogen and oxygen atoms in total. The zero-order chi connectivity index (χ0) is 10.8. The smallest absolute Gasteiger partial charge is 0.0621 e. The first-order chi connectivity index (χ1) is 7.22. The van der Waals surface area contributed by atoms with Gasteiger partial charge < -0.3 is 0 Å². The fourth-order valence-corrected chi connectivity index (χ4v) is 2.75. The molecule has 1 unspecified atom stereocenters. The van der Waals surface area contributed by atoms with Gasteiger partial charge in [-0.25, -0.2) is 0 Å². The summed E-state index contributed by atoms with van der Waals surface area (Å²) >= 11 is 0. The summed E-state index contributed by atoms with van der Waals surface area (Å²) in [5, 5.41) is 8.63. The molecule has 15 heavy (non-hydrogen) atoms. The lowest BCUT2D eigenvalue weighted by Crippen LogP contribution is -1.95. The largest absolute Gasteiger partial charge is 0.198 e. The van der Waals surface area contributed by atoms with Gasteiger partial charge in [0.1, 0.15) is 0 Å². The van der Waals surface area contributed by atoms with E-state index in [0.29, 0.717) is 12.3 Å². The molecule has 0 bridgehead atoms. The van der Waals surface area contributed by atoms with Gasteiger partial charge in [-0.1, -0.05) is 17.7 Å². The Bertz CT molecular complexity index is 412. The van der Waals surface area contributed by atoms with E-state index in [1.54, 1.807) is 5.56 Å². The number of rotatable bonds is 2. The number of hydrogen-bond acceptors (Lipinski definition) is 1. The molecule has 0 radical (unpaired) electrons. The van der Waals surface area contributed by atoms with Crippen LogP contribution in [0.3, 0.4) is 0 Å². The van der Waals surface area contributed by atoms with Crippen molar-refractivity contribution in [3.8, 4) is 6.07 Å². The fraction of sp³-hybridized carbons (Fsp3) is 0.500. The molecule has 2 rings (SSSR count). The second-order valence-electron chi connectivity index (χ2n) is 4.58. The molecule has 0 aromatic heterocycles. The molecule has 1 aliphatic carbocycles. The minimum absolute atomic E-state index is 0.637. The van der Waals surface area contributed by atoms with Crippen molar-refractivity contribution in [2.75, 3.05) is 0 Å². The first-order valence-electron chi connectivity index (χ1n) is 5.69. The molecule has 1 heteroatoms. The summed E-state index contributed by atoms with van der Waals surface area (Å²) in [6, 6.07) is 6.84. The Morgan fingerprint density at radius 3 is 2.93 bits per heavy atom. The van der Waals surface area contributed by atoms with Crippen LogP contribution >= 0.6 is 0 Å². The monoisotopic (exact) mass is 199 g/mol. The highest BCUT2D eigenvalue weighted by Gasteiger charge is 2.23. The Hall–Kier alpha value is -1.29. The van der Waals surface area contributed by atoms with Crippen LogP contribution in [0.5, 0.6) is 0 Å². The van der Waals surface area contributed by atoms with Crippen molar-refractivity contribution < 1.29 is 0 Å². The van der Waals surface area contributed by atoms with Crippen LogP contribution in [0.4, 0.5) is 0 Å². The third kappa shape index (κ3) is 1.90. The number of fused-ring (bicyclic) bond motifs is 1. The van der Waals surface area contributed by atoms with Gasteiger partial charge in [-0.2, -0.15) is 5.26 Å². The number of nitrogens with zero attached hydrogens (tertiary/aromatic N) is 1. The van der Waals surface area contributed by atoms with Crippen LogP contribution < -0.4 is 0 Å². The lowest BCUT2D eigenvalue weighted by atomic mass is 9.93. The fourth-order valence-electron chi connectivity index (χ4n) is 2.75. The molecular weight excluding hydrogens is 182 g/mol. The Kier molecular flexibility index (Phi) is 2.77. The van der Waals surface area contributed by atoms with Crippen LogP contribution in [-0.2, 0) is 6.42 Å². The number of aryl methyl sites for hydroxylation is 2. The maximum absolute atomic E-state index is 8.63. The van der Waals surface area contributed by atoms with E-state index < -0.39 is 0 Å². The van der Waals surface area contributed by atoms with Gasteiger partial charge in [0.05, 0.1) is 6.07 Å². The number of benzene rings is 1. The highest BCUT2D eigenvalue weighted by atomic mass is 14.3. The highest BCUT2D eigenvalue weighted by molar-refractivity contribution is 5.43. The van der Waals surface area contributed by atoms with Gasteiger partial charge in [0.25, 0.3) is 0 Å². The van der Waals surface area contributed by atoms with Crippen molar-refractivity contribution in [2.45, 2.75) is 45.4 Å². The van der Waals surface area contributed by atoms with Crippen LogP contribution in [0, 0.1) is 25.2 Å². The Balaban J connectivity index is 2.30. The van der Waals surface area contributed by atoms with Crippen LogP contribution in [0.2, 0.25) is 0 Å². The Labute approximate surface area is 91.7 Å². The van der Waals surface area contributed by atoms with Gasteiger partial charge >= 0.3 is 0 Å². The lowest BCUT2D eigenvalue weighted by Gasteiger charge is -2.11. The van der Waals surface area contributed by atoms with E-state index in [9.17, 15) is 0 Å². The van der Waals surface area contributed by atoms with Crippen LogP contribution in [0.15, 0.2) is 12.1 Å². The third-order valence-corrected chi connectivity index (χ3v) is 3.44. The molecule has 1 aromatic carbocycles. The van der Waals surface area contributed by atoms with E-state index in [2.05, 4.69) is 32.0 Å². The van der Waals surface area contributed by atoms with E-state index in [-0.39, 0.29) is 0 Å². The van der Waals surface area contributed by atoms with E-state index in [0.717, 1.165) is 6.42 Å². The van der Waals surface area contributed by atoms with Crippen molar-refractivity contribution in [3.05, 3.63) is 34.4 Å². The highest BCUT2D eigenvalue weighted by Crippen LogP contribution is 2.38. The average Bonchev–Trinajstić information content (AvgIpc) is 2.58. The van der Waals surface area contributed by atoms with Crippen molar-refractivity contribution in [1.29, 1.82) is 5.26 Å². The molecule has 1 aliphatic rings. The van der Waals surface area contributed by atoms with E-state index >= 15 is 0 Å². The zero-order valence-corrected chi connectivity index (χ0v) is 9.51. The summed E-state index contributed by atoms with van der Waals surface area (Å²) < 4.78 is 0. The molecule has 78 valence electrons. The van der Waals surface area contributed by atoms with Gasteiger partial charge in [-0.15, -0.1) is 0 Å². The molecule has 0 fully saturated rings. The molecular formula is C14H17N. The number of hydrogen-bond donors (Lipinski definition) is 0. The molecule has 0 saturated heterocycles. The maximum atomic E-state index is 8.63. The quantitative estimate of drug-likeness (QED) is 0.713. The van der Waals surface area contributed by atoms with Crippen molar-refractivity contribution in [1.82, 2.24) is 0 Å². The first-order valence-corrected chi connectivity index (χ1v) is 5.69. The van der Waals surface area contributed by atoms with Gasteiger partial charge in [0, 0.05) is 6.42 Å². The van der Waals surface area contributed by atoms with Gasteiger partial charge in [-0.05, 0) is 55.7 Å². The molecule has 0 spiro atoms. The summed E-state index contributed by atoms with van der Waals surface area (Å²) in [4.78, 5) is 0. The SMILES string of the molecule is Cc1cc(C)c2c(c1)C(CCC#N)CC2. The van der Waals surface area contributed by atoms with Crippen LogP contribution in [0.1, 0.15) is 47.4 Å². The molecule has 0 heterocycles. The average molecular weight is 199 g/mol. The predicted molar refractivity (Wildman–Crippen MR) is 61.8 cm³/mol. The summed E-state index contributed by atoms with van der Waals surface area (Å²) in [5.41, 5.74) is 5.85. The molecule has 1 atom stereocenters. The van der Waals surface area contributed by atoms with Gasteiger partial charge in [0.2, 0.25) is 0 Å². The lowest BCUT2D eigenvalue weighted by molar-refractivity contribution is 0.629. The minimum atomic E-state index is 0.637. The van der Waals surface area contributed by atoms with Crippen molar-refractivity contribution in [2.24, 2.45) is 0 Å². The van der Waals surface area contributed by atoms with Crippen LogP contribution in [0.25, 0.3) is 0 Å². The summed E-state index contributed by atoms with van der Waals surface area (Å²) in [5.74, 6) is 0.637. The number of nitriles is 1. The zero-order valence-electron chi connectivity index (χ0n) is 9.51. The van der Waals surface area contributed by atoms with Gasteiger partial charge in [0.15, 0.2) is 0 Å². The molecule has 0 aliphatic heterocycles. The van der Waals surface area contributed by atoms with Gasteiger partial charge in [-0.3, -0.25) is 0 Å². The second-order valence-corrected chi connectivity index (χ2v) is 4.58. The Morgan fingerprint density at radius 1 is 1.40 bits per heavy atom. The van der Waals surface area contributed by atoms with E-state index in [1.807, 2.05) is 0 Å². The van der Waals surface area contributed by atoms with E-state index in [1.165, 1.54) is 29.5 Å². The second kappa shape index (κ2) is 4.06. The first kappa shape index (κ1) is 10.2.